The van der Waals surface area contributed by atoms with E-state index in [9.17, 15) is 9.59 Å². The van der Waals surface area contributed by atoms with Crippen molar-refractivity contribution in [2.45, 2.75) is 6.54 Å². The first kappa shape index (κ1) is 12.9. The zero-order valence-electron chi connectivity index (χ0n) is 10.5. The van der Waals surface area contributed by atoms with Gasteiger partial charge in [-0.3, -0.25) is 4.79 Å². The first-order valence-electron chi connectivity index (χ1n) is 5.79. The summed E-state index contributed by atoms with van der Waals surface area (Å²) in [5.41, 5.74) is 1.14. The Labute approximate surface area is 110 Å². The Kier molecular flexibility index (Phi) is 3.66. The van der Waals surface area contributed by atoms with E-state index in [1.165, 1.54) is 12.1 Å². The van der Waals surface area contributed by atoms with Crippen LogP contribution in [-0.2, 0) is 13.6 Å². The van der Waals surface area contributed by atoms with Gasteiger partial charge in [0.15, 0.2) is 0 Å². The summed E-state index contributed by atoms with van der Waals surface area (Å²) < 4.78 is 1.88. The summed E-state index contributed by atoms with van der Waals surface area (Å²) in [7, 11) is 1.89. The maximum Gasteiger partial charge on any atom is 0.336 e. The van der Waals surface area contributed by atoms with Crippen LogP contribution >= 0.6 is 0 Å². The van der Waals surface area contributed by atoms with Gasteiger partial charge in [-0.05, 0) is 23.8 Å². The van der Waals surface area contributed by atoms with Crippen molar-refractivity contribution in [1.82, 2.24) is 9.88 Å². The molecule has 2 N–H and O–H groups in total. The Balaban J connectivity index is 2.10. The zero-order chi connectivity index (χ0) is 13.8. The van der Waals surface area contributed by atoms with E-state index in [2.05, 4.69) is 5.32 Å². The molecule has 98 valence electrons. The Hall–Kier alpha value is -2.56. The molecule has 0 aliphatic heterocycles. The van der Waals surface area contributed by atoms with Crippen LogP contribution in [0.5, 0.6) is 0 Å². The number of amides is 1. The molecule has 5 nitrogen and oxygen atoms in total. The lowest BCUT2D eigenvalue weighted by Crippen LogP contribution is -2.24. The standard InChI is InChI=1S/C14H14N2O3/c1-16-7-6-10(9-16)8-15-13(17)11-4-2-3-5-12(11)14(18)19/h2-7,9H,8H2,1H3,(H,15,17)(H,18,19). The van der Waals surface area contributed by atoms with Gasteiger partial charge in [0.2, 0.25) is 0 Å². The molecule has 1 heterocycles. The van der Waals surface area contributed by atoms with E-state index in [0.717, 1.165) is 5.56 Å². The van der Waals surface area contributed by atoms with Gasteiger partial charge in [0.1, 0.15) is 0 Å². The summed E-state index contributed by atoms with van der Waals surface area (Å²) in [4.78, 5) is 23.0. The van der Waals surface area contributed by atoms with Gasteiger partial charge in [0.05, 0.1) is 11.1 Å². The van der Waals surface area contributed by atoms with Crippen LogP contribution in [0.25, 0.3) is 0 Å². The molecule has 5 heteroatoms. The third-order valence-electron chi connectivity index (χ3n) is 2.75. The molecule has 2 rings (SSSR count). The van der Waals surface area contributed by atoms with Crippen molar-refractivity contribution in [2.24, 2.45) is 7.05 Å². The minimum atomic E-state index is -1.11. The highest BCUT2D eigenvalue weighted by Crippen LogP contribution is 2.09. The molecule has 1 amide bonds. The van der Waals surface area contributed by atoms with E-state index in [4.69, 9.17) is 5.11 Å². The second kappa shape index (κ2) is 5.39. The summed E-state index contributed by atoms with van der Waals surface area (Å²) in [6.45, 7) is 0.369. The van der Waals surface area contributed by atoms with Crippen LogP contribution in [-0.4, -0.2) is 21.6 Å². The van der Waals surface area contributed by atoms with Gasteiger partial charge in [0.25, 0.3) is 5.91 Å². The minimum Gasteiger partial charge on any atom is -0.478 e. The van der Waals surface area contributed by atoms with Crippen molar-refractivity contribution in [3.8, 4) is 0 Å². The van der Waals surface area contributed by atoms with Crippen LogP contribution in [0.15, 0.2) is 42.7 Å². The Morgan fingerprint density at radius 2 is 1.89 bits per heavy atom. The molecule has 0 saturated heterocycles. The number of nitrogens with zero attached hydrogens (tertiary/aromatic N) is 1. The largest absolute Gasteiger partial charge is 0.478 e. The van der Waals surface area contributed by atoms with E-state index in [1.807, 2.05) is 30.1 Å². The lowest BCUT2D eigenvalue weighted by Gasteiger charge is -2.06. The Morgan fingerprint density at radius 1 is 1.21 bits per heavy atom. The van der Waals surface area contributed by atoms with Crippen molar-refractivity contribution in [2.75, 3.05) is 0 Å². The first-order valence-corrected chi connectivity index (χ1v) is 5.79. The molecule has 0 atom stereocenters. The quantitative estimate of drug-likeness (QED) is 0.876. The summed E-state index contributed by atoms with van der Waals surface area (Å²) in [6.07, 6.45) is 3.77. The molecule has 0 aliphatic rings. The van der Waals surface area contributed by atoms with Gasteiger partial charge in [0, 0.05) is 26.0 Å². The highest BCUT2D eigenvalue weighted by Gasteiger charge is 2.15. The highest BCUT2D eigenvalue weighted by molar-refractivity contribution is 6.04. The maximum atomic E-state index is 12.0. The molecule has 1 aromatic heterocycles. The molecule has 0 spiro atoms. The van der Waals surface area contributed by atoms with Crippen LogP contribution in [0.3, 0.4) is 0 Å². The second-order valence-electron chi connectivity index (χ2n) is 4.22. The van der Waals surface area contributed by atoms with Crippen LogP contribution < -0.4 is 5.32 Å². The number of nitrogens with one attached hydrogen (secondary N) is 1. The molecule has 2 aromatic rings. The number of carbonyl (C=O) groups excluding carboxylic acids is 1. The van der Waals surface area contributed by atoms with E-state index >= 15 is 0 Å². The highest BCUT2D eigenvalue weighted by atomic mass is 16.4. The van der Waals surface area contributed by atoms with Crippen LogP contribution in [0.1, 0.15) is 26.3 Å². The fourth-order valence-corrected chi connectivity index (χ4v) is 1.81. The van der Waals surface area contributed by atoms with E-state index < -0.39 is 5.97 Å². The Morgan fingerprint density at radius 3 is 2.47 bits per heavy atom. The minimum absolute atomic E-state index is 0.00746. The average molecular weight is 258 g/mol. The van der Waals surface area contributed by atoms with Gasteiger partial charge in [-0.1, -0.05) is 12.1 Å². The normalized spacial score (nSPS) is 10.2. The predicted octanol–water partition coefficient (Wildman–Crippen LogP) is 1.65. The number of aryl methyl sites for hydroxylation is 1. The topological polar surface area (TPSA) is 71.3 Å². The molecule has 19 heavy (non-hydrogen) atoms. The number of aromatic carboxylic acids is 1. The SMILES string of the molecule is Cn1ccc(CNC(=O)c2ccccc2C(=O)O)c1. The molecule has 0 saturated carbocycles. The number of hydrogen-bond acceptors (Lipinski definition) is 2. The first-order chi connectivity index (χ1) is 9.08. The summed E-state index contributed by atoms with van der Waals surface area (Å²) >= 11 is 0. The number of carboxylic acid groups (broad SMARTS) is 1. The van der Waals surface area contributed by atoms with Gasteiger partial charge < -0.3 is 15.0 Å². The number of hydrogen-bond donors (Lipinski definition) is 2. The van der Waals surface area contributed by atoms with Gasteiger partial charge in [-0.15, -0.1) is 0 Å². The van der Waals surface area contributed by atoms with Crippen molar-refractivity contribution >= 4 is 11.9 Å². The summed E-state index contributed by atoms with van der Waals surface area (Å²) in [5, 5.41) is 11.7. The van der Waals surface area contributed by atoms with Gasteiger partial charge in [-0.2, -0.15) is 0 Å². The monoisotopic (exact) mass is 258 g/mol. The third kappa shape index (κ3) is 3.01. The van der Waals surface area contributed by atoms with Crippen molar-refractivity contribution < 1.29 is 14.7 Å². The molecule has 0 radical (unpaired) electrons. The maximum absolute atomic E-state index is 12.0. The molecule has 1 aromatic carbocycles. The summed E-state index contributed by atoms with van der Waals surface area (Å²) in [6, 6.07) is 8.05. The Bertz CT molecular complexity index is 617. The number of carboxylic acids is 1. The van der Waals surface area contributed by atoms with Crippen molar-refractivity contribution in [1.29, 1.82) is 0 Å². The molecule has 0 fully saturated rings. The lowest BCUT2D eigenvalue weighted by molar-refractivity contribution is 0.0691. The number of aromatic nitrogens is 1. The van der Waals surface area contributed by atoms with Crippen LogP contribution in [0.2, 0.25) is 0 Å². The lowest BCUT2D eigenvalue weighted by atomic mass is 10.1. The molecule has 0 bridgehead atoms. The van der Waals surface area contributed by atoms with Crippen LogP contribution in [0, 0.1) is 0 Å². The van der Waals surface area contributed by atoms with Gasteiger partial charge >= 0.3 is 5.97 Å². The number of rotatable bonds is 4. The molecule has 0 aliphatic carbocycles. The second-order valence-corrected chi connectivity index (χ2v) is 4.22. The summed E-state index contributed by atoms with van der Waals surface area (Å²) in [5.74, 6) is -1.49. The predicted molar refractivity (Wildman–Crippen MR) is 70.0 cm³/mol. The molecule has 0 unspecified atom stereocenters. The van der Waals surface area contributed by atoms with Crippen molar-refractivity contribution in [3.05, 3.63) is 59.4 Å². The van der Waals surface area contributed by atoms with E-state index in [-0.39, 0.29) is 17.0 Å². The smallest absolute Gasteiger partial charge is 0.336 e. The van der Waals surface area contributed by atoms with E-state index in [0.29, 0.717) is 6.54 Å². The van der Waals surface area contributed by atoms with Crippen LogP contribution in [0.4, 0.5) is 0 Å². The third-order valence-corrected chi connectivity index (χ3v) is 2.75. The molecular weight excluding hydrogens is 244 g/mol. The van der Waals surface area contributed by atoms with Gasteiger partial charge in [-0.25, -0.2) is 4.79 Å². The number of carbonyl (C=O) groups is 2. The molecular formula is C14H14N2O3. The average Bonchev–Trinajstić information content (AvgIpc) is 2.81. The zero-order valence-corrected chi connectivity index (χ0v) is 10.5. The van der Waals surface area contributed by atoms with E-state index in [1.54, 1.807) is 12.1 Å². The fraction of sp³-hybridized carbons (Fsp3) is 0.143. The van der Waals surface area contributed by atoms with Crippen molar-refractivity contribution in [3.63, 3.8) is 0 Å². The fourth-order valence-electron chi connectivity index (χ4n) is 1.81. The number of benzene rings is 1.